The van der Waals surface area contributed by atoms with Gasteiger partial charge in [0.15, 0.2) is 0 Å². The maximum Gasteiger partial charge on any atom is 0.135 e. The van der Waals surface area contributed by atoms with Crippen LogP contribution in [-0.4, -0.2) is 5.78 Å². The molecular weight excluding hydrogens is 136 g/mol. The fourth-order valence-corrected chi connectivity index (χ4v) is 1.80. The SMILES string of the molecule is [CH2]CCC(=O)C1CCCCC1. The predicted molar refractivity (Wildman–Crippen MR) is 46.2 cm³/mol. The van der Waals surface area contributed by atoms with Gasteiger partial charge >= 0.3 is 0 Å². The van der Waals surface area contributed by atoms with Crippen LogP contribution in [0.2, 0.25) is 0 Å². The smallest absolute Gasteiger partial charge is 0.135 e. The second kappa shape index (κ2) is 4.53. The van der Waals surface area contributed by atoms with Gasteiger partial charge in [-0.3, -0.25) is 4.79 Å². The minimum Gasteiger partial charge on any atom is -0.299 e. The molecule has 1 heteroatoms. The van der Waals surface area contributed by atoms with Crippen LogP contribution < -0.4 is 0 Å². The van der Waals surface area contributed by atoms with E-state index in [2.05, 4.69) is 6.92 Å². The van der Waals surface area contributed by atoms with Crippen LogP contribution in [-0.2, 0) is 4.79 Å². The lowest BCUT2D eigenvalue weighted by Crippen LogP contribution is -2.16. The Hall–Kier alpha value is -0.330. The molecule has 0 atom stereocenters. The molecule has 63 valence electrons. The Balaban J connectivity index is 2.27. The summed E-state index contributed by atoms with van der Waals surface area (Å²) >= 11 is 0. The summed E-state index contributed by atoms with van der Waals surface area (Å²) in [7, 11) is 0. The van der Waals surface area contributed by atoms with Crippen LogP contribution >= 0.6 is 0 Å². The summed E-state index contributed by atoms with van der Waals surface area (Å²) in [5.41, 5.74) is 0. The largest absolute Gasteiger partial charge is 0.299 e. The minimum absolute atomic E-state index is 0.394. The van der Waals surface area contributed by atoms with E-state index in [0.717, 1.165) is 19.3 Å². The van der Waals surface area contributed by atoms with Crippen molar-refractivity contribution in [3.05, 3.63) is 6.92 Å². The fourth-order valence-electron chi connectivity index (χ4n) is 1.80. The molecule has 0 aromatic rings. The molecule has 0 aromatic heterocycles. The Kier molecular flexibility index (Phi) is 3.61. The molecule has 1 radical (unpaired) electrons. The molecule has 1 fully saturated rings. The third-order valence-electron chi connectivity index (χ3n) is 2.48. The average Bonchev–Trinajstić information content (AvgIpc) is 2.07. The molecule has 1 aliphatic carbocycles. The van der Waals surface area contributed by atoms with Gasteiger partial charge in [0.1, 0.15) is 5.78 Å². The van der Waals surface area contributed by atoms with Gasteiger partial charge in [0.25, 0.3) is 0 Å². The summed E-state index contributed by atoms with van der Waals surface area (Å²) in [5, 5.41) is 0. The number of rotatable bonds is 3. The molecule has 0 N–H and O–H groups in total. The summed E-state index contributed by atoms with van der Waals surface area (Å²) < 4.78 is 0. The lowest BCUT2D eigenvalue weighted by Gasteiger charge is -2.19. The van der Waals surface area contributed by atoms with Crippen molar-refractivity contribution in [3.63, 3.8) is 0 Å². The minimum atomic E-state index is 0.394. The lowest BCUT2D eigenvalue weighted by molar-refractivity contribution is -0.123. The van der Waals surface area contributed by atoms with Crippen LogP contribution in [0.25, 0.3) is 0 Å². The molecule has 0 aliphatic heterocycles. The van der Waals surface area contributed by atoms with Crippen molar-refractivity contribution in [1.82, 2.24) is 0 Å². The van der Waals surface area contributed by atoms with E-state index >= 15 is 0 Å². The van der Waals surface area contributed by atoms with Gasteiger partial charge in [-0.2, -0.15) is 0 Å². The average molecular weight is 153 g/mol. The number of ketones is 1. The zero-order chi connectivity index (χ0) is 8.10. The second-order valence-corrected chi connectivity index (χ2v) is 3.40. The first-order valence-electron chi connectivity index (χ1n) is 4.66. The quantitative estimate of drug-likeness (QED) is 0.609. The van der Waals surface area contributed by atoms with Crippen molar-refractivity contribution in [2.75, 3.05) is 0 Å². The van der Waals surface area contributed by atoms with Crippen molar-refractivity contribution in [2.45, 2.75) is 44.9 Å². The maximum atomic E-state index is 11.4. The fraction of sp³-hybridized carbons (Fsp3) is 0.800. The third kappa shape index (κ3) is 2.64. The van der Waals surface area contributed by atoms with E-state index in [1.807, 2.05) is 0 Å². The van der Waals surface area contributed by atoms with E-state index < -0.39 is 0 Å². The van der Waals surface area contributed by atoms with Crippen molar-refractivity contribution in [1.29, 1.82) is 0 Å². The highest BCUT2D eigenvalue weighted by molar-refractivity contribution is 5.81. The predicted octanol–water partition coefficient (Wildman–Crippen LogP) is 2.75. The van der Waals surface area contributed by atoms with Crippen LogP contribution in [0.5, 0.6) is 0 Å². The summed E-state index contributed by atoms with van der Waals surface area (Å²) in [5.74, 6) is 0.852. The van der Waals surface area contributed by atoms with Crippen molar-refractivity contribution >= 4 is 5.78 Å². The molecule has 1 nitrogen and oxygen atoms in total. The standard InChI is InChI=1S/C10H17O/c1-2-6-10(11)9-7-4-3-5-8-9/h9H,1-8H2. The topological polar surface area (TPSA) is 17.1 Å². The van der Waals surface area contributed by atoms with E-state index in [1.165, 1.54) is 19.3 Å². The normalized spacial score (nSPS) is 20.1. The third-order valence-corrected chi connectivity index (χ3v) is 2.48. The van der Waals surface area contributed by atoms with Gasteiger partial charge in [0, 0.05) is 12.3 Å². The van der Waals surface area contributed by atoms with Crippen LogP contribution in [0.15, 0.2) is 0 Å². The Morgan fingerprint density at radius 3 is 2.45 bits per heavy atom. The molecule has 0 saturated heterocycles. The van der Waals surface area contributed by atoms with Gasteiger partial charge in [0.05, 0.1) is 0 Å². The molecule has 0 spiro atoms. The summed E-state index contributed by atoms with van der Waals surface area (Å²) in [6, 6.07) is 0. The van der Waals surface area contributed by atoms with Crippen LogP contribution in [0.1, 0.15) is 44.9 Å². The molecule has 0 amide bonds. The zero-order valence-corrected chi connectivity index (χ0v) is 7.14. The van der Waals surface area contributed by atoms with Crippen LogP contribution in [0.3, 0.4) is 0 Å². The summed E-state index contributed by atoms with van der Waals surface area (Å²) in [4.78, 5) is 11.4. The Morgan fingerprint density at radius 1 is 1.27 bits per heavy atom. The molecule has 1 saturated carbocycles. The highest BCUT2D eigenvalue weighted by Gasteiger charge is 2.19. The number of carbonyl (C=O) groups excluding carboxylic acids is 1. The zero-order valence-electron chi connectivity index (χ0n) is 7.14. The van der Waals surface area contributed by atoms with Crippen LogP contribution in [0.4, 0.5) is 0 Å². The van der Waals surface area contributed by atoms with E-state index in [4.69, 9.17) is 0 Å². The second-order valence-electron chi connectivity index (χ2n) is 3.40. The molecule has 0 heterocycles. The van der Waals surface area contributed by atoms with Gasteiger partial charge in [-0.1, -0.05) is 26.2 Å². The molecule has 0 unspecified atom stereocenters. The lowest BCUT2D eigenvalue weighted by atomic mass is 9.85. The van der Waals surface area contributed by atoms with Crippen molar-refractivity contribution in [3.8, 4) is 0 Å². The number of hydrogen-bond acceptors (Lipinski definition) is 1. The van der Waals surface area contributed by atoms with E-state index in [9.17, 15) is 4.79 Å². The number of Topliss-reactive ketones (excluding diaryl/α,β-unsaturated/α-hetero) is 1. The van der Waals surface area contributed by atoms with Gasteiger partial charge in [0.2, 0.25) is 0 Å². The molecule has 11 heavy (non-hydrogen) atoms. The van der Waals surface area contributed by atoms with Gasteiger partial charge < -0.3 is 0 Å². The maximum absolute atomic E-state index is 11.4. The van der Waals surface area contributed by atoms with E-state index in [1.54, 1.807) is 0 Å². The van der Waals surface area contributed by atoms with Crippen molar-refractivity contribution in [2.24, 2.45) is 5.92 Å². The number of hydrogen-bond donors (Lipinski definition) is 0. The van der Waals surface area contributed by atoms with Gasteiger partial charge in [-0.25, -0.2) is 0 Å². The molecule has 1 rings (SSSR count). The Morgan fingerprint density at radius 2 is 1.91 bits per heavy atom. The molecule has 1 aliphatic rings. The first kappa shape index (κ1) is 8.76. The summed E-state index contributed by atoms with van der Waals surface area (Å²) in [6.07, 6.45) is 7.59. The molecular formula is C10H17O. The number of carbonyl (C=O) groups is 1. The van der Waals surface area contributed by atoms with E-state index in [0.29, 0.717) is 18.1 Å². The molecule has 0 bridgehead atoms. The molecule has 0 aromatic carbocycles. The first-order valence-corrected chi connectivity index (χ1v) is 4.66. The van der Waals surface area contributed by atoms with Gasteiger partial charge in [-0.15, -0.1) is 0 Å². The van der Waals surface area contributed by atoms with Crippen molar-refractivity contribution < 1.29 is 4.79 Å². The summed E-state index contributed by atoms with van der Waals surface area (Å²) in [6.45, 7) is 3.70. The van der Waals surface area contributed by atoms with E-state index in [-0.39, 0.29) is 0 Å². The first-order chi connectivity index (χ1) is 5.34. The highest BCUT2D eigenvalue weighted by Crippen LogP contribution is 2.25. The Bertz CT molecular complexity index is 123. The van der Waals surface area contributed by atoms with Crippen LogP contribution in [0, 0.1) is 12.8 Å². The Labute approximate surface area is 69.2 Å². The monoisotopic (exact) mass is 153 g/mol. The highest BCUT2D eigenvalue weighted by atomic mass is 16.1. The van der Waals surface area contributed by atoms with Gasteiger partial charge in [-0.05, 0) is 19.3 Å².